The van der Waals surface area contributed by atoms with Crippen LogP contribution in [0.1, 0.15) is 22.6 Å². The predicted molar refractivity (Wildman–Crippen MR) is 75.0 cm³/mol. The van der Waals surface area contributed by atoms with Crippen molar-refractivity contribution in [3.63, 3.8) is 0 Å². The molecule has 3 nitrogen and oxygen atoms in total. The molecule has 2 rings (SSSR count). The third-order valence-corrected chi connectivity index (χ3v) is 3.61. The number of hydrogen-bond donors (Lipinski definition) is 0. The van der Waals surface area contributed by atoms with E-state index in [0.717, 1.165) is 15.0 Å². The number of aryl methyl sites for hydroxylation is 2. The molecule has 88 valence electrons. The molecule has 1 aromatic carbocycles. The van der Waals surface area contributed by atoms with Crippen LogP contribution in [0.3, 0.4) is 0 Å². The maximum absolute atomic E-state index is 12.0. The Hall–Kier alpha value is -1.17. The number of hydrogen-bond acceptors (Lipinski definition) is 2. The number of nitrogens with zero attached hydrogens (tertiary/aromatic N) is 2. The molecule has 17 heavy (non-hydrogen) atoms. The largest absolute Gasteiger partial charge is 0.338 e. The van der Waals surface area contributed by atoms with Crippen molar-refractivity contribution in [3.05, 3.63) is 51.6 Å². The van der Waals surface area contributed by atoms with Gasteiger partial charge in [0.25, 0.3) is 0 Å². The van der Waals surface area contributed by atoms with Gasteiger partial charge in [0.05, 0.1) is 0 Å². The fourth-order valence-electron chi connectivity index (χ4n) is 1.68. The number of imidazole rings is 1. The average molecular weight is 340 g/mol. The van der Waals surface area contributed by atoms with Crippen LogP contribution in [0.15, 0.2) is 36.7 Å². The third kappa shape index (κ3) is 2.94. The van der Waals surface area contributed by atoms with Gasteiger partial charge in [-0.15, -0.1) is 0 Å². The van der Waals surface area contributed by atoms with Crippen molar-refractivity contribution in [2.75, 3.05) is 0 Å². The summed E-state index contributed by atoms with van der Waals surface area (Å²) in [5.41, 5.74) is 0.808. The summed E-state index contributed by atoms with van der Waals surface area (Å²) in [5, 5.41) is 0. The first-order chi connectivity index (χ1) is 8.18. The second kappa shape index (κ2) is 5.44. The Morgan fingerprint density at radius 3 is 2.82 bits per heavy atom. The van der Waals surface area contributed by atoms with Gasteiger partial charge in [-0.1, -0.05) is 18.2 Å². The Bertz CT molecular complexity index is 534. The van der Waals surface area contributed by atoms with Crippen molar-refractivity contribution < 1.29 is 4.79 Å². The van der Waals surface area contributed by atoms with Crippen LogP contribution < -0.4 is 0 Å². The van der Waals surface area contributed by atoms with Gasteiger partial charge >= 0.3 is 0 Å². The molecule has 0 saturated carbocycles. The highest BCUT2D eigenvalue weighted by Crippen LogP contribution is 2.14. The highest BCUT2D eigenvalue weighted by molar-refractivity contribution is 14.1. The van der Waals surface area contributed by atoms with Crippen molar-refractivity contribution in [3.8, 4) is 0 Å². The van der Waals surface area contributed by atoms with Gasteiger partial charge in [0.2, 0.25) is 0 Å². The van der Waals surface area contributed by atoms with E-state index in [-0.39, 0.29) is 5.78 Å². The van der Waals surface area contributed by atoms with Crippen LogP contribution in [0.4, 0.5) is 0 Å². The van der Waals surface area contributed by atoms with Gasteiger partial charge in [0.15, 0.2) is 5.78 Å². The minimum absolute atomic E-state index is 0.179. The summed E-state index contributed by atoms with van der Waals surface area (Å²) >= 11 is 2.19. The Kier molecular flexibility index (Phi) is 3.93. The smallest absolute Gasteiger partial charge is 0.164 e. The molecular weight excluding hydrogens is 327 g/mol. The fraction of sp³-hybridized carbons (Fsp3) is 0.231. The molecule has 1 heterocycles. The van der Waals surface area contributed by atoms with Crippen LogP contribution in [-0.4, -0.2) is 15.3 Å². The molecule has 0 unspecified atom stereocenters. The molecule has 0 spiro atoms. The number of rotatable bonds is 4. The van der Waals surface area contributed by atoms with Crippen LogP contribution in [-0.2, 0) is 13.5 Å². The zero-order chi connectivity index (χ0) is 12.3. The summed E-state index contributed by atoms with van der Waals surface area (Å²) in [6.45, 7) is 0. The highest BCUT2D eigenvalue weighted by Gasteiger charge is 2.10. The summed E-state index contributed by atoms with van der Waals surface area (Å²) in [6, 6.07) is 7.67. The Labute approximate surface area is 114 Å². The summed E-state index contributed by atoms with van der Waals surface area (Å²) in [7, 11) is 1.94. The van der Waals surface area contributed by atoms with Crippen LogP contribution >= 0.6 is 22.6 Å². The molecule has 4 heteroatoms. The van der Waals surface area contributed by atoms with Gasteiger partial charge in [-0.2, -0.15) is 0 Å². The minimum atomic E-state index is 0.179. The van der Waals surface area contributed by atoms with Gasteiger partial charge in [0, 0.05) is 41.4 Å². The van der Waals surface area contributed by atoms with E-state index in [4.69, 9.17) is 0 Å². The standard InChI is InChI=1S/C13H13IN2O/c1-16-9-8-15-13(16)7-6-12(17)10-4-2-3-5-11(10)14/h2-5,8-9H,6-7H2,1H3. The van der Waals surface area contributed by atoms with Crippen molar-refractivity contribution >= 4 is 28.4 Å². The van der Waals surface area contributed by atoms with Crippen molar-refractivity contribution in [2.45, 2.75) is 12.8 Å². The van der Waals surface area contributed by atoms with E-state index < -0.39 is 0 Å². The first kappa shape index (κ1) is 12.3. The highest BCUT2D eigenvalue weighted by atomic mass is 127. The second-order valence-electron chi connectivity index (χ2n) is 3.86. The van der Waals surface area contributed by atoms with E-state index in [9.17, 15) is 4.79 Å². The van der Waals surface area contributed by atoms with E-state index in [0.29, 0.717) is 12.8 Å². The van der Waals surface area contributed by atoms with Crippen LogP contribution in [0, 0.1) is 3.57 Å². The summed E-state index contributed by atoms with van der Waals surface area (Å²) in [4.78, 5) is 16.2. The van der Waals surface area contributed by atoms with E-state index in [1.54, 1.807) is 6.20 Å². The van der Waals surface area contributed by atoms with Gasteiger partial charge in [0.1, 0.15) is 5.82 Å². The molecule has 0 radical (unpaired) electrons. The molecule has 0 bridgehead atoms. The molecule has 0 amide bonds. The van der Waals surface area contributed by atoms with Crippen LogP contribution in [0.25, 0.3) is 0 Å². The SMILES string of the molecule is Cn1ccnc1CCC(=O)c1ccccc1I. The number of carbonyl (C=O) groups excluding carboxylic acids is 1. The molecule has 0 fully saturated rings. The molecule has 0 aliphatic heterocycles. The number of carbonyl (C=O) groups is 1. The van der Waals surface area contributed by atoms with Gasteiger partial charge in [-0.3, -0.25) is 4.79 Å². The summed E-state index contributed by atoms with van der Waals surface area (Å²) in [5.74, 6) is 1.13. The van der Waals surface area contributed by atoms with Crippen LogP contribution in [0.2, 0.25) is 0 Å². The van der Waals surface area contributed by atoms with E-state index in [1.807, 2.05) is 42.1 Å². The molecule has 0 aliphatic rings. The zero-order valence-corrected chi connectivity index (χ0v) is 11.7. The molecule has 0 atom stereocenters. The normalized spacial score (nSPS) is 10.5. The zero-order valence-electron chi connectivity index (χ0n) is 9.56. The summed E-state index contributed by atoms with van der Waals surface area (Å²) in [6.07, 6.45) is 4.84. The lowest BCUT2D eigenvalue weighted by molar-refractivity contribution is 0.0981. The Balaban J connectivity index is 2.04. The second-order valence-corrected chi connectivity index (χ2v) is 5.02. The monoisotopic (exact) mass is 340 g/mol. The number of ketones is 1. The molecule has 0 saturated heterocycles. The third-order valence-electron chi connectivity index (χ3n) is 2.67. The lowest BCUT2D eigenvalue weighted by Gasteiger charge is -2.03. The van der Waals surface area contributed by atoms with E-state index in [1.165, 1.54) is 0 Å². The molecule has 0 aliphatic carbocycles. The first-order valence-electron chi connectivity index (χ1n) is 5.42. The lowest BCUT2D eigenvalue weighted by Crippen LogP contribution is -2.06. The predicted octanol–water partition coefficient (Wildman–Crippen LogP) is 2.84. The fourth-order valence-corrected chi connectivity index (χ4v) is 2.37. The maximum Gasteiger partial charge on any atom is 0.164 e. The molecule has 2 aromatic rings. The number of aromatic nitrogens is 2. The van der Waals surface area contributed by atoms with Crippen LogP contribution in [0.5, 0.6) is 0 Å². The Morgan fingerprint density at radius 1 is 1.41 bits per heavy atom. The first-order valence-corrected chi connectivity index (χ1v) is 6.50. The quantitative estimate of drug-likeness (QED) is 0.634. The summed E-state index contributed by atoms with van der Waals surface area (Å²) < 4.78 is 2.96. The average Bonchev–Trinajstić information content (AvgIpc) is 2.72. The maximum atomic E-state index is 12.0. The minimum Gasteiger partial charge on any atom is -0.338 e. The van der Waals surface area contributed by atoms with Crippen molar-refractivity contribution in [1.82, 2.24) is 9.55 Å². The number of Topliss-reactive ketones (excluding diaryl/α,β-unsaturated/α-hetero) is 1. The molecular formula is C13H13IN2O. The van der Waals surface area contributed by atoms with Gasteiger partial charge in [-0.25, -0.2) is 4.98 Å². The lowest BCUT2D eigenvalue weighted by atomic mass is 10.1. The number of benzene rings is 1. The van der Waals surface area contributed by atoms with Crippen molar-refractivity contribution in [2.24, 2.45) is 7.05 Å². The van der Waals surface area contributed by atoms with E-state index in [2.05, 4.69) is 27.6 Å². The van der Waals surface area contributed by atoms with Crippen molar-refractivity contribution in [1.29, 1.82) is 0 Å². The Morgan fingerprint density at radius 2 is 2.18 bits per heavy atom. The van der Waals surface area contributed by atoms with E-state index >= 15 is 0 Å². The van der Waals surface area contributed by atoms with Gasteiger partial charge < -0.3 is 4.57 Å². The number of halogens is 1. The van der Waals surface area contributed by atoms with Gasteiger partial charge in [-0.05, 0) is 28.7 Å². The molecule has 1 aromatic heterocycles. The molecule has 0 N–H and O–H groups in total. The topological polar surface area (TPSA) is 34.9 Å².